The molecule has 0 spiro atoms. The fraction of sp³-hybridized carbons (Fsp3) is 0.320. The van der Waals surface area contributed by atoms with E-state index in [9.17, 15) is 4.79 Å². The Balaban J connectivity index is 1.39. The zero-order valence-electron chi connectivity index (χ0n) is 18.7. The predicted molar refractivity (Wildman–Crippen MR) is 125 cm³/mol. The summed E-state index contributed by atoms with van der Waals surface area (Å²) in [5.74, 6) is 1.96. The number of hydrogen-bond acceptors (Lipinski definition) is 6. The molecule has 0 N–H and O–H groups in total. The lowest BCUT2D eigenvalue weighted by molar-refractivity contribution is 0.0743. The number of methoxy groups -OCH3 is 2. The van der Waals surface area contributed by atoms with Gasteiger partial charge in [0, 0.05) is 37.8 Å². The smallest absolute Gasteiger partial charge is 0.257 e. The van der Waals surface area contributed by atoms with Gasteiger partial charge in [-0.2, -0.15) is 0 Å². The van der Waals surface area contributed by atoms with Crippen molar-refractivity contribution in [1.82, 2.24) is 15.1 Å². The molecule has 2 aromatic carbocycles. The van der Waals surface area contributed by atoms with Gasteiger partial charge in [0.15, 0.2) is 5.82 Å². The molecule has 1 fully saturated rings. The topological polar surface area (TPSA) is 67.8 Å². The molecule has 2 heterocycles. The molecular weight excluding hydrogens is 404 g/mol. The molecule has 0 radical (unpaired) electrons. The summed E-state index contributed by atoms with van der Waals surface area (Å²) in [6.45, 7) is 4.75. The maximum Gasteiger partial charge on any atom is 0.257 e. The summed E-state index contributed by atoms with van der Waals surface area (Å²) in [4.78, 5) is 17.0. The molecule has 0 saturated carbocycles. The number of hydrogen-bond donors (Lipinski definition) is 0. The molecule has 0 unspecified atom stereocenters. The van der Waals surface area contributed by atoms with Gasteiger partial charge in [0.05, 0.1) is 25.5 Å². The molecule has 166 valence electrons. The average molecular weight is 433 g/mol. The number of aromatic nitrogens is 2. The molecule has 1 amide bonds. The van der Waals surface area contributed by atoms with Crippen LogP contribution < -0.4 is 14.4 Å². The van der Waals surface area contributed by atoms with Gasteiger partial charge in [-0.25, -0.2) is 0 Å². The van der Waals surface area contributed by atoms with Gasteiger partial charge in [-0.1, -0.05) is 31.2 Å². The number of ether oxygens (including phenoxy) is 2. The van der Waals surface area contributed by atoms with Crippen LogP contribution in [0.5, 0.6) is 11.5 Å². The minimum absolute atomic E-state index is 0.0406. The van der Waals surface area contributed by atoms with Crippen molar-refractivity contribution >= 4 is 11.7 Å². The van der Waals surface area contributed by atoms with E-state index in [1.54, 1.807) is 32.4 Å². The number of rotatable bonds is 6. The largest absolute Gasteiger partial charge is 0.497 e. The van der Waals surface area contributed by atoms with Gasteiger partial charge in [0.25, 0.3) is 5.91 Å². The molecule has 4 rings (SSSR count). The van der Waals surface area contributed by atoms with Gasteiger partial charge in [-0.05, 0) is 36.2 Å². The number of anilines is 1. The minimum atomic E-state index is -0.0406. The van der Waals surface area contributed by atoms with E-state index < -0.39 is 0 Å². The van der Waals surface area contributed by atoms with E-state index in [4.69, 9.17) is 9.47 Å². The lowest BCUT2D eigenvalue weighted by Crippen LogP contribution is -2.49. The van der Waals surface area contributed by atoms with Crippen LogP contribution >= 0.6 is 0 Å². The number of amides is 1. The quantitative estimate of drug-likeness (QED) is 0.592. The van der Waals surface area contributed by atoms with Crippen LogP contribution in [0.3, 0.4) is 0 Å². The van der Waals surface area contributed by atoms with Crippen LogP contribution in [0, 0.1) is 0 Å². The highest BCUT2D eigenvalue weighted by molar-refractivity contribution is 5.97. The van der Waals surface area contributed by atoms with Crippen LogP contribution in [0.1, 0.15) is 22.8 Å². The Bertz CT molecular complexity index is 1060. The van der Waals surface area contributed by atoms with Crippen molar-refractivity contribution in [2.45, 2.75) is 13.3 Å². The van der Waals surface area contributed by atoms with E-state index >= 15 is 0 Å². The molecule has 3 aromatic rings. The summed E-state index contributed by atoms with van der Waals surface area (Å²) < 4.78 is 10.6. The molecular formula is C25H28N4O3. The maximum absolute atomic E-state index is 13.0. The van der Waals surface area contributed by atoms with Gasteiger partial charge in [0.1, 0.15) is 11.5 Å². The number of carbonyl (C=O) groups is 1. The standard InChI is InChI=1S/C25H28N4O3/c1-4-18-5-7-19(8-6-18)22-11-12-24(27-26-22)28-13-15-29(16-14-28)25(30)21-10-9-20(31-2)17-23(21)32-3/h5-12,17H,4,13-16H2,1-3H3. The van der Waals surface area contributed by atoms with Crippen molar-refractivity contribution in [2.75, 3.05) is 45.3 Å². The van der Waals surface area contributed by atoms with Crippen LogP contribution in [0.15, 0.2) is 54.6 Å². The molecule has 1 aromatic heterocycles. The zero-order valence-corrected chi connectivity index (χ0v) is 18.7. The Morgan fingerprint density at radius 3 is 2.25 bits per heavy atom. The first kappa shape index (κ1) is 21.6. The highest BCUT2D eigenvalue weighted by atomic mass is 16.5. The number of benzene rings is 2. The summed E-state index contributed by atoms with van der Waals surface area (Å²) in [6, 6.07) is 17.7. The second-order valence-corrected chi connectivity index (χ2v) is 7.67. The first-order chi connectivity index (χ1) is 15.6. The first-order valence-electron chi connectivity index (χ1n) is 10.8. The highest BCUT2D eigenvalue weighted by Crippen LogP contribution is 2.26. The highest BCUT2D eigenvalue weighted by Gasteiger charge is 2.25. The number of carbonyl (C=O) groups excluding carboxylic acids is 1. The van der Waals surface area contributed by atoms with E-state index in [-0.39, 0.29) is 5.91 Å². The van der Waals surface area contributed by atoms with Gasteiger partial charge >= 0.3 is 0 Å². The summed E-state index contributed by atoms with van der Waals surface area (Å²) in [6.07, 6.45) is 1.02. The summed E-state index contributed by atoms with van der Waals surface area (Å²) in [5.41, 5.74) is 3.76. The number of nitrogens with zero attached hydrogens (tertiary/aromatic N) is 4. The lowest BCUT2D eigenvalue weighted by atomic mass is 10.1. The van der Waals surface area contributed by atoms with Gasteiger partial charge in [-0.15, -0.1) is 10.2 Å². The Kier molecular flexibility index (Phi) is 6.54. The van der Waals surface area contributed by atoms with Crippen LogP contribution in [-0.4, -0.2) is 61.4 Å². The third-order valence-corrected chi connectivity index (χ3v) is 5.84. The fourth-order valence-corrected chi connectivity index (χ4v) is 3.84. The van der Waals surface area contributed by atoms with Crippen molar-refractivity contribution in [1.29, 1.82) is 0 Å². The third kappa shape index (κ3) is 4.51. The molecule has 0 atom stereocenters. The van der Waals surface area contributed by atoms with Crippen LogP contribution in [-0.2, 0) is 6.42 Å². The normalized spacial score (nSPS) is 13.7. The molecule has 7 nitrogen and oxygen atoms in total. The average Bonchev–Trinajstić information content (AvgIpc) is 2.88. The maximum atomic E-state index is 13.0. The minimum Gasteiger partial charge on any atom is -0.497 e. The molecule has 1 aliphatic rings. The molecule has 7 heteroatoms. The van der Waals surface area contributed by atoms with Crippen LogP contribution in [0.25, 0.3) is 11.3 Å². The Morgan fingerprint density at radius 1 is 0.906 bits per heavy atom. The SMILES string of the molecule is CCc1ccc(-c2ccc(N3CCN(C(=O)c4ccc(OC)cc4OC)CC3)nn2)cc1. The van der Waals surface area contributed by atoms with Gasteiger partial charge in [-0.3, -0.25) is 4.79 Å². The lowest BCUT2D eigenvalue weighted by Gasteiger charge is -2.35. The summed E-state index contributed by atoms with van der Waals surface area (Å²) >= 11 is 0. The van der Waals surface area contributed by atoms with Crippen molar-refractivity contribution in [3.63, 3.8) is 0 Å². The van der Waals surface area contributed by atoms with Crippen molar-refractivity contribution in [3.05, 3.63) is 65.7 Å². The second-order valence-electron chi connectivity index (χ2n) is 7.67. The molecule has 1 aliphatic heterocycles. The Labute approximate surface area is 188 Å². The zero-order chi connectivity index (χ0) is 22.5. The third-order valence-electron chi connectivity index (χ3n) is 5.84. The Morgan fingerprint density at radius 2 is 1.66 bits per heavy atom. The fourth-order valence-electron chi connectivity index (χ4n) is 3.84. The van der Waals surface area contributed by atoms with Crippen LogP contribution in [0.4, 0.5) is 5.82 Å². The van der Waals surface area contributed by atoms with E-state index in [2.05, 4.69) is 46.3 Å². The van der Waals surface area contributed by atoms with Crippen molar-refractivity contribution in [3.8, 4) is 22.8 Å². The van der Waals surface area contributed by atoms with Gasteiger partial charge < -0.3 is 19.3 Å². The molecule has 0 bridgehead atoms. The summed E-state index contributed by atoms with van der Waals surface area (Å²) in [5, 5.41) is 8.85. The van der Waals surface area contributed by atoms with E-state index in [1.807, 2.05) is 17.0 Å². The predicted octanol–water partition coefficient (Wildman–Crippen LogP) is 3.69. The summed E-state index contributed by atoms with van der Waals surface area (Å²) in [7, 11) is 3.15. The van der Waals surface area contributed by atoms with E-state index in [0.717, 1.165) is 23.5 Å². The Hall–Kier alpha value is -3.61. The van der Waals surface area contributed by atoms with E-state index in [1.165, 1.54) is 5.56 Å². The number of piperazine rings is 1. The van der Waals surface area contributed by atoms with Crippen LogP contribution in [0.2, 0.25) is 0 Å². The molecule has 1 saturated heterocycles. The number of aryl methyl sites for hydroxylation is 1. The monoisotopic (exact) mass is 432 g/mol. The second kappa shape index (κ2) is 9.68. The first-order valence-corrected chi connectivity index (χ1v) is 10.8. The molecule has 0 aliphatic carbocycles. The van der Waals surface area contributed by atoms with Crippen molar-refractivity contribution in [2.24, 2.45) is 0 Å². The van der Waals surface area contributed by atoms with Gasteiger partial charge in [0.2, 0.25) is 0 Å². The van der Waals surface area contributed by atoms with Crippen molar-refractivity contribution < 1.29 is 14.3 Å². The van der Waals surface area contributed by atoms with E-state index in [0.29, 0.717) is 43.2 Å². The molecule has 32 heavy (non-hydrogen) atoms.